The number of pyridine rings is 1. The molecule has 0 aliphatic carbocycles. The number of hydrogen-bond donors (Lipinski definition) is 2. The molecule has 7 heteroatoms. The molecule has 3 heterocycles. The molecule has 2 aromatic heterocycles. The number of anilines is 1. The largest absolute Gasteiger partial charge is 0.468 e. The van der Waals surface area contributed by atoms with E-state index in [2.05, 4.69) is 39.3 Å². The summed E-state index contributed by atoms with van der Waals surface area (Å²) < 4.78 is 5.59. The zero-order valence-corrected chi connectivity index (χ0v) is 16.9. The number of carbonyl (C=O) groups excluding carboxylic acids is 1. The molecular weight excluding hydrogens is 354 g/mol. The molecule has 0 spiro atoms. The molecule has 1 saturated heterocycles. The third-order valence-corrected chi connectivity index (χ3v) is 5.26. The maximum absolute atomic E-state index is 12.3. The van der Waals surface area contributed by atoms with Gasteiger partial charge in [-0.3, -0.25) is 4.90 Å². The second kappa shape index (κ2) is 10.1. The van der Waals surface area contributed by atoms with Gasteiger partial charge in [-0.05, 0) is 63.5 Å². The first-order chi connectivity index (χ1) is 13.7. The van der Waals surface area contributed by atoms with Crippen molar-refractivity contribution in [1.82, 2.24) is 20.5 Å². The highest BCUT2D eigenvalue weighted by Crippen LogP contribution is 2.24. The number of aromatic nitrogens is 1. The second-order valence-corrected chi connectivity index (χ2v) is 7.03. The van der Waals surface area contributed by atoms with Gasteiger partial charge < -0.3 is 20.0 Å². The van der Waals surface area contributed by atoms with Gasteiger partial charge in [0.15, 0.2) is 0 Å². The average molecular weight is 386 g/mol. The lowest BCUT2D eigenvalue weighted by Crippen LogP contribution is -2.41. The Bertz CT molecular complexity index is 707. The van der Waals surface area contributed by atoms with Crippen LogP contribution >= 0.6 is 0 Å². The number of amides is 2. The number of likely N-dealkylation sites (tertiary alicyclic amines) is 1. The first-order valence-electron chi connectivity index (χ1n) is 10.2. The molecule has 0 radical (unpaired) electrons. The number of urea groups is 1. The van der Waals surface area contributed by atoms with Crippen molar-refractivity contribution in [2.45, 2.75) is 39.3 Å². The summed E-state index contributed by atoms with van der Waals surface area (Å²) in [4.78, 5) is 21.3. The van der Waals surface area contributed by atoms with Crippen molar-refractivity contribution in [3.8, 4) is 0 Å². The SMILES string of the molecule is CCN(CC)c1ccc(CNC(=O)NCC(c2ccco2)N2CCCC2)cn1. The lowest BCUT2D eigenvalue weighted by atomic mass is 10.2. The second-order valence-electron chi connectivity index (χ2n) is 7.03. The van der Waals surface area contributed by atoms with Gasteiger partial charge in [-0.15, -0.1) is 0 Å². The van der Waals surface area contributed by atoms with Crippen molar-refractivity contribution in [2.75, 3.05) is 37.6 Å². The Morgan fingerprint density at radius 2 is 2.00 bits per heavy atom. The summed E-state index contributed by atoms with van der Waals surface area (Å²) in [5.74, 6) is 1.86. The van der Waals surface area contributed by atoms with Crippen molar-refractivity contribution in [1.29, 1.82) is 0 Å². The summed E-state index contributed by atoms with van der Waals surface area (Å²) in [7, 11) is 0. The fourth-order valence-electron chi connectivity index (χ4n) is 3.63. The van der Waals surface area contributed by atoms with Gasteiger partial charge in [-0.25, -0.2) is 9.78 Å². The average Bonchev–Trinajstić information content (AvgIpc) is 3.43. The molecule has 1 fully saturated rings. The minimum atomic E-state index is -0.177. The summed E-state index contributed by atoms with van der Waals surface area (Å²) in [6.45, 7) is 9.14. The molecule has 28 heavy (non-hydrogen) atoms. The highest BCUT2D eigenvalue weighted by Gasteiger charge is 2.25. The van der Waals surface area contributed by atoms with E-state index in [4.69, 9.17) is 4.42 Å². The molecule has 2 aromatic rings. The van der Waals surface area contributed by atoms with Crippen molar-refractivity contribution in [3.63, 3.8) is 0 Å². The van der Waals surface area contributed by atoms with E-state index in [0.29, 0.717) is 13.1 Å². The van der Waals surface area contributed by atoms with Crippen LogP contribution in [0.2, 0.25) is 0 Å². The van der Waals surface area contributed by atoms with E-state index >= 15 is 0 Å². The number of hydrogen-bond acceptors (Lipinski definition) is 5. The normalized spacial score (nSPS) is 15.4. The van der Waals surface area contributed by atoms with Gasteiger partial charge in [0.05, 0.1) is 12.3 Å². The Balaban J connectivity index is 1.48. The summed E-state index contributed by atoms with van der Waals surface area (Å²) >= 11 is 0. The van der Waals surface area contributed by atoms with E-state index < -0.39 is 0 Å². The quantitative estimate of drug-likeness (QED) is 0.694. The molecule has 0 bridgehead atoms. The third-order valence-electron chi connectivity index (χ3n) is 5.26. The fraction of sp³-hybridized carbons (Fsp3) is 0.524. The van der Waals surface area contributed by atoms with Crippen LogP contribution in [0.15, 0.2) is 41.1 Å². The van der Waals surface area contributed by atoms with E-state index in [-0.39, 0.29) is 12.1 Å². The van der Waals surface area contributed by atoms with Crippen LogP contribution in [0.4, 0.5) is 10.6 Å². The van der Waals surface area contributed by atoms with Gasteiger partial charge in [0.2, 0.25) is 0 Å². The van der Waals surface area contributed by atoms with Crippen molar-refractivity contribution < 1.29 is 9.21 Å². The number of nitrogens with zero attached hydrogens (tertiary/aromatic N) is 3. The molecule has 0 saturated carbocycles. The zero-order chi connectivity index (χ0) is 19.8. The Kier molecular flexibility index (Phi) is 7.31. The molecule has 7 nitrogen and oxygen atoms in total. The Labute approximate surface area is 167 Å². The molecule has 1 unspecified atom stereocenters. The number of nitrogens with one attached hydrogen (secondary N) is 2. The summed E-state index contributed by atoms with van der Waals surface area (Å²) in [5, 5.41) is 5.90. The summed E-state index contributed by atoms with van der Waals surface area (Å²) in [6, 6.07) is 7.79. The highest BCUT2D eigenvalue weighted by atomic mass is 16.3. The minimum Gasteiger partial charge on any atom is -0.468 e. The molecule has 152 valence electrons. The Hall–Kier alpha value is -2.54. The van der Waals surface area contributed by atoms with E-state index in [9.17, 15) is 4.79 Å². The van der Waals surface area contributed by atoms with Crippen LogP contribution < -0.4 is 15.5 Å². The summed E-state index contributed by atoms with van der Waals surface area (Å²) in [6.07, 6.45) is 5.90. The van der Waals surface area contributed by atoms with Gasteiger partial charge in [-0.2, -0.15) is 0 Å². The maximum atomic E-state index is 12.3. The summed E-state index contributed by atoms with van der Waals surface area (Å²) in [5.41, 5.74) is 0.980. The third kappa shape index (κ3) is 5.25. The van der Waals surface area contributed by atoms with E-state index in [1.807, 2.05) is 30.5 Å². The lowest BCUT2D eigenvalue weighted by Gasteiger charge is -2.26. The van der Waals surface area contributed by atoms with E-state index in [0.717, 1.165) is 43.3 Å². The predicted octanol–water partition coefficient (Wildman–Crippen LogP) is 3.16. The zero-order valence-electron chi connectivity index (χ0n) is 16.9. The monoisotopic (exact) mass is 385 g/mol. The molecule has 3 rings (SSSR count). The van der Waals surface area contributed by atoms with Crippen LogP contribution in [-0.4, -0.2) is 48.6 Å². The molecule has 2 amide bonds. The highest BCUT2D eigenvalue weighted by molar-refractivity contribution is 5.73. The topological polar surface area (TPSA) is 73.6 Å². The number of carbonyl (C=O) groups is 1. The van der Waals surface area contributed by atoms with Crippen LogP contribution in [0.5, 0.6) is 0 Å². The van der Waals surface area contributed by atoms with Crippen LogP contribution in [0.3, 0.4) is 0 Å². The molecule has 1 atom stereocenters. The van der Waals surface area contributed by atoms with Gasteiger partial charge in [0, 0.05) is 32.4 Å². The fourth-order valence-corrected chi connectivity index (χ4v) is 3.63. The molecule has 1 aliphatic rings. The van der Waals surface area contributed by atoms with Crippen molar-refractivity contribution >= 4 is 11.8 Å². The predicted molar refractivity (Wildman–Crippen MR) is 110 cm³/mol. The van der Waals surface area contributed by atoms with Gasteiger partial charge >= 0.3 is 6.03 Å². The smallest absolute Gasteiger partial charge is 0.315 e. The molecule has 1 aliphatic heterocycles. The van der Waals surface area contributed by atoms with Gasteiger partial charge in [0.25, 0.3) is 0 Å². The van der Waals surface area contributed by atoms with Gasteiger partial charge in [0.1, 0.15) is 11.6 Å². The number of furan rings is 1. The lowest BCUT2D eigenvalue weighted by molar-refractivity contribution is 0.203. The number of rotatable bonds is 9. The van der Waals surface area contributed by atoms with Crippen LogP contribution in [0.25, 0.3) is 0 Å². The maximum Gasteiger partial charge on any atom is 0.315 e. The van der Waals surface area contributed by atoms with Crippen molar-refractivity contribution in [2.24, 2.45) is 0 Å². The van der Waals surface area contributed by atoms with Crippen molar-refractivity contribution in [3.05, 3.63) is 48.0 Å². The molecule has 0 aromatic carbocycles. The van der Waals surface area contributed by atoms with E-state index in [1.54, 1.807) is 6.26 Å². The van der Waals surface area contributed by atoms with Gasteiger partial charge in [-0.1, -0.05) is 6.07 Å². The molecular formula is C21H31N5O2. The van der Waals surface area contributed by atoms with Crippen LogP contribution in [0.1, 0.15) is 44.1 Å². The van der Waals surface area contributed by atoms with E-state index in [1.165, 1.54) is 12.8 Å². The Morgan fingerprint density at radius 1 is 1.21 bits per heavy atom. The first kappa shape index (κ1) is 20.2. The minimum absolute atomic E-state index is 0.0817. The van der Waals surface area contributed by atoms with Crippen LogP contribution in [-0.2, 0) is 6.54 Å². The van der Waals surface area contributed by atoms with Crippen LogP contribution in [0, 0.1) is 0 Å². The molecule has 2 N–H and O–H groups in total. The standard InChI is InChI=1S/C21H31N5O2/c1-3-25(4-2)20-10-9-17(14-22-20)15-23-21(27)24-16-18(19-8-7-13-28-19)26-11-5-6-12-26/h7-10,13-14,18H,3-6,11-12,15-16H2,1-2H3,(H2,23,24,27). The Morgan fingerprint density at radius 3 is 2.61 bits per heavy atom. The first-order valence-corrected chi connectivity index (χ1v) is 10.2.